The van der Waals surface area contributed by atoms with Crippen LogP contribution in [0.2, 0.25) is 18.1 Å². The van der Waals surface area contributed by atoms with Crippen molar-refractivity contribution < 1.29 is 19.1 Å². The zero-order valence-corrected chi connectivity index (χ0v) is 13.4. The molecule has 0 amide bonds. The lowest BCUT2D eigenvalue weighted by atomic mass is 10.2. The first kappa shape index (κ1) is 15.6. The van der Waals surface area contributed by atoms with E-state index in [-0.39, 0.29) is 16.4 Å². The van der Waals surface area contributed by atoms with Gasteiger partial charge in [-0.2, -0.15) is 0 Å². The van der Waals surface area contributed by atoms with Gasteiger partial charge in [-0.05, 0) is 30.3 Å². The van der Waals surface area contributed by atoms with Crippen molar-refractivity contribution >= 4 is 14.3 Å². The average Bonchev–Trinajstić information content (AvgIpc) is 2.26. The zero-order valence-electron chi connectivity index (χ0n) is 12.4. The predicted octanol–water partition coefficient (Wildman–Crippen LogP) is 3.56. The summed E-state index contributed by atoms with van der Waals surface area (Å²) in [7, 11) is -0.669. The Labute approximate surface area is 115 Å². The Morgan fingerprint density at radius 2 is 1.84 bits per heavy atom. The zero-order chi connectivity index (χ0) is 14.8. The highest BCUT2D eigenvalue weighted by Gasteiger charge is 2.39. The Morgan fingerprint density at radius 1 is 1.26 bits per heavy atom. The predicted molar refractivity (Wildman–Crippen MR) is 77.3 cm³/mol. The Morgan fingerprint density at radius 3 is 2.26 bits per heavy atom. The van der Waals surface area contributed by atoms with Gasteiger partial charge in [0, 0.05) is 6.07 Å². The Bertz CT molecular complexity index is 475. The molecule has 1 rings (SSSR count). The van der Waals surface area contributed by atoms with E-state index < -0.39 is 14.3 Å². The SMILES string of the molecule is COC(=O)c1ccc(O[Si](C)(C)C(C)(C)C)cc1O. The molecule has 0 bridgehead atoms. The molecule has 0 saturated heterocycles. The molecule has 1 aromatic rings. The van der Waals surface area contributed by atoms with Crippen LogP contribution in [-0.4, -0.2) is 26.5 Å². The Hall–Kier alpha value is -1.49. The lowest BCUT2D eigenvalue weighted by Gasteiger charge is -2.36. The number of phenolic OH excluding ortho intramolecular Hbond substituents is 1. The standard InChI is InChI=1S/C14H22O4Si/c1-14(2,3)19(5,6)18-10-7-8-11(12(15)9-10)13(16)17-4/h7-9,15H,1-6H3. The minimum atomic E-state index is -1.95. The highest BCUT2D eigenvalue weighted by atomic mass is 28.4. The number of hydrogen-bond acceptors (Lipinski definition) is 4. The molecule has 19 heavy (non-hydrogen) atoms. The van der Waals surface area contributed by atoms with E-state index in [0.717, 1.165) is 0 Å². The first-order chi connectivity index (χ1) is 8.58. The highest BCUT2D eigenvalue weighted by molar-refractivity contribution is 6.74. The van der Waals surface area contributed by atoms with E-state index in [1.54, 1.807) is 6.07 Å². The summed E-state index contributed by atoms with van der Waals surface area (Å²) in [6.45, 7) is 10.7. The fourth-order valence-corrected chi connectivity index (χ4v) is 2.33. The van der Waals surface area contributed by atoms with Crippen LogP contribution in [0.15, 0.2) is 18.2 Å². The van der Waals surface area contributed by atoms with Crippen LogP contribution in [0.4, 0.5) is 0 Å². The van der Waals surface area contributed by atoms with E-state index in [4.69, 9.17) is 4.43 Å². The largest absolute Gasteiger partial charge is 0.543 e. The van der Waals surface area contributed by atoms with Crippen LogP contribution in [0.3, 0.4) is 0 Å². The van der Waals surface area contributed by atoms with Crippen molar-refractivity contribution in [1.29, 1.82) is 0 Å². The van der Waals surface area contributed by atoms with Gasteiger partial charge in [0.25, 0.3) is 0 Å². The lowest BCUT2D eigenvalue weighted by Crippen LogP contribution is -2.43. The van der Waals surface area contributed by atoms with Gasteiger partial charge in [-0.25, -0.2) is 4.79 Å². The molecule has 0 aliphatic rings. The number of ether oxygens (including phenoxy) is 1. The molecule has 0 aliphatic carbocycles. The topological polar surface area (TPSA) is 55.8 Å². The summed E-state index contributed by atoms with van der Waals surface area (Å²) in [5.41, 5.74) is 0.144. The van der Waals surface area contributed by atoms with Crippen LogP contribution in [0.5, 0.6) is 11.5 Å². The van der Waals surface area contributed by atoms with E-state index in [0.29, 0.717) is 5.75 Å². The lowest BCUT2D eigenvalue weighted by molar-refractivity contribution is 0.0597. The molecule has 0 aliphatic heterocycles. The molecule has 1 aromatic carbocycles. The number of rotatable bonds is 3. The number of carbonyl (C=O) groups excluding carboxylic acids is 1. The summed E-state index contributed by atoms with van der Waals surface area (Å²) in [4.78, 5) is 11.4. The third kappa shape index (κ3) is 3.50. The van der Waals surface area contributed by atoms with Crippen molar-refractivity contribution in [3.63, 3.8) is 0 Å². The monoisotopic (exact) mass is 282 g/mol. The van der Waals surface area contributed by atoms with Crippen molar-refractivity contribution in [2.24, 2.45) is 0 Å². The van der Waals surface area contributed by atoms with Crippen molar-refractivity contribution in [3.05, 3.63) is 23.8 Å². The summed E-state index contributed by atoms with van der Waals surface area (Å²) in [5, 5.41) is 9.90. The van der Waals surface area contributed by atoms with Crippen molar-refractivity contribution in [2.45, 2.75) is 38.9 Å². The van der Waals surface area contributed by atoms with Gasteiger partial charge in [0.2, 0.25) is 8.32 Å². The van der Waals surface area contributed by atoms with Gasteiger partial charge in [-0.1, -0.05) is 20.8 Å². The number of phenols is 1. The molecule has 0 saturated carbocycles. The fraction of sp³-hybridized carbons (Fsp3) is 0.500. The second kappa shape index (κ2) is 5.25. The van der Waals surface area contributed by atoms with Gasteiger partial charge in [0.05, 0.1) is 7.11 Å². The molecule has 0 fully saturated rings. The number of benzene rings is 1. The van der Waals surface area contributed by atoms with Crippen LogP contribution in [-0.2, 0) is 4.74 Å². The smallest absolute Gasteiger partial charge is 0.341 e. The first-order valence-corrected chi connectivity index (χ1v) is 9.09. The summed E-state index contributed by atoms with van der Waals surface area (Å²) in [6.07, 6.45) is 0. The molecular weight excluding hydrogens is 260 g/mol. The quantitative estimate of drug-likeness (QED) is 0.680. The van der Waals surface area contributed by atoms with Gasteiger partial charge in [-0.3, -0.25) is 0 Å². The molecule has 0 aromatic heterocycles. The molecule has 1 N–H and O–H groups in total. The van der Waals surface area contributed by atoms with E-state index in [9.17, 15) is 9.90 Å². The highest BCUT2D eigenvalue weighted by Crippen LogP contribution is 2.38. The Balaban J connectivity index is 3.00. The third-order valence-electron chi connectivity index (χ3n) is 3.55. The maximum atomic E-state index is 11.4. The average molecular weight is 282 g/mol. The molecule has 5 heteroatoms. The van der Waals surface area contributed by atoms with Gasteiger partial charge in [0.1, 0.15) is 17.1 Å². The van der Waals surface area contributed by atoms with Crippen LogP contribution >= 0.6 is 0 Å². The number of esters is 1. The Kier molecular flexibility index (Phi) is 4.30. The van der Waals surface area contributed by atoms with Crippen molar-refractivity contribution in [3.8, 4) is 11.5 Å². The number of carbonyl (C=O) groups is 1. The number of aromatic hydroxyl groups is 1. The second-order valence-corrected chi connectivity index (χ2v) is 10.8. The summed E-state index contributed by atoms with van der Waals surface area (Å²) < 4.78 is 10.6. The summed E-state index contributed by atoms with van der Waals surface area (Å²) in [5.74, 6) is -0.101. The van der Waals surface area contributed by atoms with Crippen LogP contribution in [0.1, 0.15) is 31.1 Å². The van der Waals surface area contributed by atoms with Crippen molar-refractivity contribution in [1.82, 2.24) is 0 Å². The van der Waals surface area contributed by atoms with Gasteiger partial charge in [-0.15, -0.1) is 0 Å². The van der Waals surface area contributed by atoms with Gasteiger partial charge >= 0.3 is 5.97 Å². The van der Waals surface area contributed by atoms with Gasteiger partial charge in [0.15, 0.2) is 0 Å². The third-order valence-corrected chi connectivity index (χ3v) is 7.91. The molecule has 0 heterocycles. The normalized spacial score (nSPS) is 12.1. The minimum absolute atomic E-state index is 0.0731. The molecule has 0 radical (unpaired) electrons. The summed E-state index contributed by atoms with van der Waals surface area (Å²) in [6, 6.07) is 4.67. The van der Waals surface area contributed by atoms with Crippen molar-refractivity contribution in [2.75, 3.05) is 7.11 Å². The molecular formula is C14H22O4Si. The van der Waals surface area contributed by atoms with E-state index in [1.165, 1.54) is 19.2 Å². The molecule has 0 atom stereocenters. The molecule has 0 unspecified atom stereocenters. The minimum Gasteiger partial charge on any atom is -0.543 e. The molecule has 106 valence electrons. The van der Waals surface area contributed by atoms with E-state index >= 15 is 0 Å². The maximum absolute atomic E-state index is 11.4. The number of hydrogen-bond donors (Lipinski definition) is 1. The van der Waals surface area contributed by atoms with E-state index in [2.05, 4.69) is 38.6 Å². The molecule has 0 spiro atoms. The fourth-order valence-electron chi connectivity index (χ4n) is 1.31. The van der Waals surface area contributed by atoms with Crippen LogP contribution in [0, 0.1) is 0 Å². The molecule has 4 nitrogen and oxygen atoms in total. The van der Waals surface area contributed by atoms with Gasteiger partial charge < -0.3 is 14.3 Å². The van der Waals surface area contributed by atoms with Crippen LogP contribution in [0.25, 0.3) is 0 Å². The maximum Gasteiger partial charge on any atom is 0.341 e. The summed E-state index contributed by atoms with van der Waals surface area (Å²) >= 11 is 0. The first-order valence-electron chi connectivity index (χ1n) is 6.19. The van der Waals surface area contributed by atoms with Crippen LogP contribution < -0.4 is 4.43 Å². The number of methoxy groups -OCH3 is 1. The van der Waals surface area contributed by atoms with E-state index in [1.807, 2.05) is 0 Å². The second-order valence-electron chi connectivity index (χ2n) is 6.03.